The lowest BCUT2D eigenvalue weighted by atomic mass is 9.71. The maximum absolute atomic E-state index is 2.44. The summed E-state index contributed by atoms with van der Waals surface area (Å²) in [4.78, 5) is 2.44. The molecular formula is C64H51N. The van der Waals surface area contributed by atoms with Crippen molar-refractivity contribution in [3.8, 4) is 55.6 Å². The van der Waals surface area contributed by atoms with Crippen LogP contribution in [-0.4, -0.2) is 0 Å². The van der Waals surface area contributed by atoms with Gasteiger partial charge >= 0.3 is 0 Å². The molecule has 0 aliphatic heterocycles. The summed E-state index contributed by atoms with van der Waals surface area (Å²) in [5, 5.41) is 0. The predicted octanol–water partition coefficient (Wildman–Crippen LogP) is 17.4. The van der Waals surface area contributed by atoms with Crippen molar-refractivity contribution in [3.05, 3.63) is 271 Å². The first-order valence-electron chi connectivity index (χ1n) is 23.1. The van der Waals surface area contributed by atoms with E-state index in [1.54, 1.807) is 0 Å². The van der Waals surface area contributed by atoms with Crippen molar-refractivity contribution < 1.29 is 0 Å². The van der Waals surface area contributed by atoms with Gasteiger partial charge in [-0.1, -0.05) is 207 Å². The Morgan fingerprint density at radius 3 is 1.32 bits per heavy atom. The third kappa shape index (κ3) is 8.18. The second-order valence-electron chi connectivity index (χ2n) is 17.6. The molecule has 11 rings (SSSR count). The molecular weight excluding hydrogens is 783 g/mol. The van der Waals surface area contributed by atoms with Crippen LogP contribution in [0.15, 0.2) is 248 Å². The molecule has 0 amide bonds. The van der Waals surface area contributed by atoms with Gasteiger partial charge in [0.15, 0.2) is 0 Å². The number of benzene rings is 9. The number of rotatable bonds is 10. The Balaban J connectivity index is 0.879. The van der Waals surface area contributed by atoms with Crippen LogP contribution >= 0.6 is 0 Å². The fraction of sp³-hybridized carbons (Fsp3) is 0.0938. The van der Waals surface area contributed by atoms with Crippen LogP contribution in [0.1, 0.15) is 53.9 Å². The molecule has 9 aromatic rings. The normalized spacial score (nSPS) is 14.6. The van der Waals surface area contributed by atoms with E-state index in [0.717, 1.165) is 24.9 Å². The van der Waals surface area contributed by atoms with Crippen LogP contribution in [0, 0.1) is 0 Å². The summed E-state index contributed by atoms with van der Waals surface area (Å²) in [6.45, 7) is 2.42. The van der Waals surface area contributed by atoms with Gasteiger partial charge in [-0.25, -0.2) is 0 Å². The van der Waals surface area contributed by atoms with Crippen molar-refractivity contribution in [2.75, 3.05) is 4.90 Å². The van der Waals surface area contributed by atoms with Gasteiger partial charge in [0.2, 0.25) is 0 Å². The van der Waals surface area contributed by atoms with Gasteiger partial charge < -0.3 is 4.90 Å². The van der Waals surface area contributed by atoms with Gasteiger partial charge in [0.1, 0.15) is 0 Å². The highest BCUT2D eigenvalue weighted by molar-refractivity contribution is 5.83. The summed E-state index contributed by atoms with van der Waals surface area (Å²) < 4.78 is 0. The van der Waals surface area contributed by atoms with Crippen LogP contribution in [0.4, 0.5) is 11.4 Å². The van der Waals surface area contributed by atoms with Gasteiger partial charge in [0.25, 0.3) is 0 Å². The minimum Gasteiger partial charge on any atom is -0.314 e. The van der Waals surface area contributed by atoms with E-state index in [9.17, 15) is 0 Å². The predicted molar refractivity (Wildman–Crippen MR) is 275 cm³/mol. The highest BCUT2D eigenvalue weighted by Gasteiger charge is 2.30. The quantitative estimate of drug-likeness (QED) is 0.133. The van der Waals surface area contributed by atoms with Crippen molar-refractivity contribution in [2.24, 2.45) is 0 Å². The molecule has 0 N–H and O–H groups in total. The van der Waals surface area contributed by atoms with Gasteiger partial charge in [-0.2, -0.15) is 0 Å². The lowest BCUT2D eigenvalue weighted by Crippen LogP contribution is -2.17. The summed E-state index contributed by atoms with van der Waals surface area (Å²) in [7, 11) is 0. The zero-order valence-corrected chi connectivity index (χ0v) is 36.8. The molecule has 0 radical (unpaired) electrons. The van der Waals surface area contributed by atoms with E-state index in [2.05, 4.69) is 254 Å². The summed E-state index contributed by atoms with van der Waals surface area (Å²) in [6, 6.07) is 84.8. The summed E-state index contributed by atoms with van der Waals surface area (Å²) in [5.74, 6) is 0.687. The first kappa shape index (κ1) is 40.1. The lowest BCUT2D eigenvalue weighted by molar-refractivity contribution is 0.568. The zero-order chi connectivity index (χ0) is 43.5. The number of anilines is 2. The van der Waals surface area contributed by atoms with Gasteiger partial charge in [-0.05, 0) is 157 Å². The fourth-order valence-corrected chi connectivity index (χ4v) is 10.2. The molecule has 0 fully saturated rings. The van der Waals surface area contributed by atoms with Crippen LogP contribution < -0.4 is 4.90 Å². The summed E-state index contributed by atoms with van der Waals surface area (Å²) in [6.07, 6.45) is 7.60. The highest BCUT2D eigenvalue weighted by atomic mass is 15.1. The Bertz CT molecular complexity index is 3130. The van der Waals surface area contributed by atoms with Crippen LogP contribution in [-0.2, 0) is 6.42 Å². The molecule has 9 aromatic carbocycles. The van der Waals surface area contributed by atoms with Gasteiger partial charge in [0, 0.05) is 17.1 Å². The molecule has 2 atom stereocenters. The van der Waals surface area contributed by atoms with E-state index in [1.165, 1.54) is 94.8 Å². The first-order chi connectivity index (χ1) is 32.1. The Labute approximate surface area is 384 Å². The highest BCUT2D eigenvalue weighted by Crippen LogP contribution is 2.48. The Morgan fingerprint density at radius 2 is 0.815 bits per heavy atom. The summed E-state index contributed by atoms with van der Waals surface area (Å²) >= 11 is 0. The molecule has 2 aliphatic rings. The Morgan fingerprint density at radius 1 is 0.385 bits per heavy atom. The average Bonchev–Trinajstić information content (AvgIpc) is 3.39. The maximum Gasteiger partial charge on any atom is 0.0458 e. The number of nitrogens with zero attached hydrogens (tertiary/aromatic N) is 1. The van der Waals surface area contributed by atoms with Crippen molar-refractivity contribution in [1.82, 2.24) is 0 Å². The zero-order valence-electron chi connectivity index (χ0n) is 36.8. The molecule has 2 unspecified atom stereocenters. The van der Waals surface area contributed by atoms with Gasteiger partial charge in [-0.15, -0.1) is 0 Å². The van der Waals surface area contributed by atoms with Crippen molar-refractivity contribution >= 4 is 16.9 Å². The van der Waals surface area contributed by atoms with E-state index >= 15 is 0 Å². The molecule has 0 heterocycles. The van der Waals surface area contributed by atoms with Crippen LogP contribution in [0.3, 0.4) is 0 Å². The molecule has 1 heteroatoms. The lowest BCUT2D eigenvalue weighted by Gasteiger charge is -2.33. The first-order valence-corrected chi connectivity index (χ1v) is 23.1. The van der Waals surface area contributed by atoms with E-state index in [1.807, 2.05) is 0 Å². The third-order valence-electron chi connectivity index (χ3n) is 13.8. The number of hydrogen-bond acceptors (Lipinski definition) is 1. The molecule has 0 bridgehead atoms. The monoisotopic (exact) mass is 833 g/mol. The molecule has 0 spiro atoms. The topological polar surface area (TPSA) is 3.24 Å². The molecule has 1 nitrogen and oxygen atoms in total. The number of hydrogen-bond donors (Lipinski definition) is 0. The molecule has 0 saturated carbocycles. The molecule has 0 saturated heterocycles. The van der Waals surface area contributed by atoms with Crippen LogP contribution in [0.5, 0.6) is 0 Å². The third-order valence-corrected chi connectivity index (χ3v) is 13.8. The fourth-order valence-electron chi connectivity index (χ4n) is 10.2. The maximum atomic E-state index is 2.44. The van der Waals surface area contributed by atoms with Crippen molar-refractivity contribution in [2.45, 2.75) is 38.0 Å². The summed E-state index contributed by atoms with van der Waals surface area (Å²) in [5.41, 5.74) is 23.2. The smallest absolute Gasteiger partial charge is 0.0458 e. The molecule has 2 aliphatic carbocycles. The Hall–Kier alpha value is -7.74. The molecule has 65 heavy (non-hydrogen) atoms. The SMILES string of the molecule is CC(c1ccc(-c2ccc(N(C3=CC=C(c4ccccc4)CC3)c3ccc(-c4ccccc4)cc3)cc2)cc1)C1Cc2ccc(-c3ccccc3)cc2-c2cc(-c3ccccc3)ccc21. The van der Waals surface area contributed by atoms with Gasteiger partial charge in [-0.3, -0.25) is 0 Å². The molecule has 312 valence electrons. The van der Waals surface area contributed by atoms with Crippen molar-refractivity contribution in [1.29, 1.82) is 0 Å². The van der Waals surface area contributed by atoms with Crippen LogP contribution in [0.25, 0.3) is 61.2 Å². The van der Waals surface area contributed by atoms with Gasteiger partial charge in [0.05, 0.1) is 0 Å². The second-order valence-corrected chi connectivity index (χ2v) is 17.6. The second kappa shape index (κ2) is 17.8. The van der Waals surface area contributed by atoms with Crippen LogP contribution in [0.2, 0.25) is 0 Å². The van der Waals surface area contributed by atoms with E-state index in [4.69, 9.17) is 0 Å². The largest absolute Gasteiger partial charge is 0.314 e. The number of allylic oxidation sites excluding steroid dienone is 4. The molecule has 0 aromatic heterocycles. The van der Waals surface area contributed by atoms with E-state index < -0.39 is 0 Å². The minimum absolute atomic E-state index is 0.330. The van der Waals surface area contributed by atoms with Crippen molar-refractivity contribution in [3.63, 3.8) is 0 Å². The minimum atomic E-state index is 0.330. The average molecular weight is 834 g/mol. The van der Waals surface area contributed by atoms with E-state index in [-0.39, 0.29) is 0 Å². The Kier molecular flexibility index (Phi) is 11.0. The standard InChI is InChI=1S/C64H51N/c1-45(62-44-57-27-26-55(49-18-10-4-11-19-49)42-63(57)64-43-56(34-41-61(62)64)50-20-12-5-13-21-50)46-22-24-51(25-23-46)54-32-39-60(40-33-54)65(58-35-28-52(29-36-58)47-14-6-2-7-15-47)59-37-30-53(31-38-59)48-16-8-3-9-17-48/h2-30,32-37,39-43,45,62H,31,38,44H2,1H3. The number of fused-ring (bicyclic) bond motifs is 3. The van der Waals surface area contributed by atoms with E-state index in [0.29, 0.717) is 11.8 Å².